The molecule has 0 aromatic heterocycles. The molecule has 6 nitrogen and oxygen atoms in total. The van der Waals surface area contributed by atoms with Crippen LogP contribution in [0.15, 0.2) is 0 Å². The largest absolute Gasteiger partial charge is 0.480 e. The fourth-order valence-electron chi connectivity index (χ4n) is 0.378. The van der Waals surface area contributed by atoms with Crippen LogP contribution in [0.4, 0.5) is 0 Å². The van der Waals surface area contributed by atoms with Crippen LogP contribution in [-0.4, -0.2) is 72.7 Å². The van der Waals surface area contributed by atoms with Gasteiger partial charge in [-0.25, -0.2) is 0 Å². The number of hydrogen-bond acceptors (Lipinski definition) is 4. The number of likely N-dealkylation sites (N-methyl/N-ethyl adjacent to an activating group) is 1. The molecule has 1 unspecified atom stereocenters. The molecule has 0 aliphatic heterocycles. The summed E-state index contributed by atoms with van der Waals surface area (Å²) in [5.41, 5.74) is 4.77. The van der Waals surface area contributed by atoms with Crippen molar-refractivity contribution in [3.63, 3.8) is 0 Å². The molecule has 0 saturated carbocycles. The lowest BCUT2D eigenvalue weighted by atomic mass is 10.3. The fraction of sp³-hybridized carbons (Fsp3) is 0.875. The molecular formula is C8H21N2O4+. The molecule has 5 N–H and O–H groups in total. The highest BCUT2D eigenvalue weighted by molar-refractivity contribution is 5.73. The fourth-order valence-corrected chi connectivity index (χ4v) is 0.378. The minimum absolute atomic E-state index is 0.281. The van der Waals surface area contributed by atoms with Crippen molar-refractivity contribution in [1.29, 1.82) is 0 Å². The number of aliphatic hydroxyl groups is 2. The summed E-state index contributed by atoms with van der Waals surface area (Å²) in [7, 11) is 6.16. The van der Waals surface area contributed by atoms with Gasteiger partial charge in [-0.1, -0.05) is 0 Å². The van der Waals surface area contributed by atoms with Gasteiger partial charge in [0.1, 0.15) is 12.6 Å². The summed E-state index contributed by atoms with van der Waals surface area (Å²) >= 11 is 0. The molecule has 0 radical (unpaired) electrons. The second-order valence-corrected chi connectivity index (χ2v) is 3.86. The Morgan fingerprint density at radius 2 is 1.79 bits per heavy atom. The molecule has 6 heteroatoms. The molecule has 1 atom stereocenters. The second kappa shape index (κ2) is 7.69. The van der Waals surface area contributed by atoms with Crippen molar-refractivity contribution >= 4 is 5.97 Å². The molecule has 0 bridgehead atoms. The topological polar surface area (TPSA) is 104 Å². The first-order valence-corrected chi connectivity index (χ1v) is 4.25. The van der Waals surface area contributed by atoms with Crippen LogP contribution in [0.25, 0.3) is 0 Å². The monoisotopic (exact) mass is 209 g/mol. The SMILES string of the molecule is C[N+](C)(C)CCO.NC(CO)C(=O)O. The normalized spacial score (nSPS) is 12.7. The van der Waals surface area contributed by atoms with Gasteiger partial charge in [0.05, 0.1) is 34.4 Å². The van der Waals surface area contributed by atoms with Crippen molar-refractivity contribution in [2.45, 2.75) is 6.04 Å². The van der Waals surface area contributed by atoms with Crippen molar-refractivity contribution in [2.24, 2.45) is 5.73 Å². The van der Waals surface area contributed by atoms with Gasteiger partial charge in [0, 0.05) is 0 Å². The molecule has 0 aromatic carbocycles. The number of carboxylic acid groups (broad SMARTS) is 1. The summed E-state index contributed by atoms with van der Waals surface area (Å²) in [5, 5.41) is 24.3. The molecule has 0 rings (SSSR count). The first-order valence-electron chi connectivity index (χ1n) is 4.25. The predicted molar refractivity (Wildman–Crippen MR) is 52.7 cm³/mol. The Labute approximate surface area is 84.2 Å². The van der Waals surface area contributed by atoms with Crippen molar-refractivity contribution < 1.29 is 24.6 Å². The van der Waals surface area contributed by atoms with Gasteiger partial charge >= 0.3 is 5.97 Å². The van der Waals surface area contributed by atoms with Gasteiger partial charge in [0.15, 0.2) is 0 Å². The van der Waals surface area contributed by atoms with Crippen molar-refractivity contribution in [3.8, 4) is 0 Å². The number of aliphatic hydroxyl groups excluding tert-OH is 2. The van der Waals surface area contributed by atoms with Gasteiger partial charge in [0.2, 0.25) is 0 Å². The molecule has 0 aliphatic rings. The quantitative estimate of drug-likeness (QED) is 0.404. The summed E-state index contributed by atoms with van der Waals surface area (Å²) in [5.74, 6) is -1.18. The third kappa shape index (κ3) is 13.9. The molecule has 0 spiro atoms. The lowest BCUT2D eigenvalue weighted by molar-refractivity contribution is -0.870. The van der Waals surface area contributed by atoms with E-state index in [2.05, 4.69) is 21.1 Å². The summed E-state index contributed by atoms with van der Waals surface area (Å²) in [6.07, 6.45) is 0. The summed E-state index contributed by atoms with van der Waals surface area (Å²) < 4.78 is 0.844. The number of hydrogen-bond donors (Lipinski definition) is 4. The van der Waals surface area contributed by atoms with Crippen molar-refractivity contribution in [1.82, 2.24) is 0 Å². The van der Waals surface area contributed by atoms with E-state index in [0.29, 0.717) is 0 Å². The van der Waals surface area contributed by atoms with E-state index in [-0.39, 0.29) is 6.61 Å². The highest BCUT2D eigenvalue weighted by Gasteiger charge is 2.07. The van der Waals surface area contributed by atoms with Gasteiger partial charge in [-0.3, -0.25) is 4.79 Å². The molecule has 0 fully saturated rings. The van der Waals surface area contributed by atoms with Crippen LogP contribution >= 0.6 is 0 Å². The van der Waals surface area contributed by atoms with Gasteiger partial charge in [-0.15, -0.1) is 0 Å². The first kappa shape index (κ1) is 15.8. The van der Waals surface area contributed by atoms with E-state index in [1.807, 2.05) is 0 Å². The Morgan fingerprint density at radius 1 is 1.36 bits per heavy atom. The number of nitrogens with two attached hydrogens (primary N) is 1. The van der Waals surface area contributed by atoms with E-state index in [0.717, 1.165) is 11.0 Å². The second-order valence-electron chi connectivity index (χ2n) is 3.86. The minimum Gasteiger partial charge on any atom is -0.480 e. The maximum absolute atomic E-state index is 9.65. The number of aliphatic carboxylic acids is 1. The summed E-state index contributed by atoms with van der Waals surface area (Å²) in [4.78, 5) is 9.65. The van der Waals surface area contributed by atoms with E-state index in [1.165, 1.54) is 0 Å². The molecule has 0 aliphatic carbocycles. The molecular weight excluding hydrogens is 188 g/mol. The van der Waals surface area contributed by atoms with Gasteiger partial charge in [-0.2, -0.15) is 0 Å². The zero-order valence-electron chi connectivity index (χ0n) is 8.97. The number of rotatable bonds is 4. The van der Waals surface area contributed by atoms with Crippen LogP contribution in [0.5, 0.6) is 0 Å². The number of carboxylic acids is 1. The summed E-state index contributed by atoms with van der Waals surface area (Å²) in [6.45, 7) is 0.610. The minimum atomic E-state index is -1.18. The van der Waals surface area contributed by atoms with Crippen LogP contribution < -0.4 is 5.73 Å². The Kier molecular flexibility index (Phi) is 8.66. The third-order valence-corrected chi connectivity index (χ3v) is 1.28. The first-order chi connectivity index (χ1) is 6.24. The van der Waals surface area contributed by atoms with Crippen molar-refractivity contribution in [3.05, 3.63) is 0 Å². The zero-order valence-corrected chi connectivity index (χ0v) is 8.97. The third-order valence-electron chi connectivity index (χ3n) is 1.28. The molecule has 14 heavy (non-hydrogen) atoms. The Balaban J connectivity index is 0. The molecule has 0 aromatic rings. The van der Waals surface area contributed by atoms with Gasteiger partial charge in [-0.05, 0) is 0 Å². The number of quaternary nitrogens is 1. The average molecular weight is 209 g/mol. The van der Waals surface area contributed by atoms with Crippen LogP contribution in [0.3, 0.4) is 0 Å². The van der Waals surface area contributed by atoms with Crippen LogP contribution in [0, 0.1) is 0 Å². The van der Waals surface area contributed by atoms with E-state index < -0.39 is 18.6 Å². The predicted octanol–water partition coefficient (Wildman–Crippen LogP) is -1.92. The maximum Gasteiger partial charge on any atom is 0.322 e. The Bertz CT molecular complexity index is 156. The van der Waals surface area contributed by atoms with E-state index >= 15 is 0 Å². The summed E-state index contributed by atoms with van der Waals surface area (Å²) in [6, 6.07) is -1.13. The smallest absolute Gasteiger partial charge is 0.322 e. The van der Waals surface area contributed by atoms with Crippen LogP contribution in [-0.2, 0) is 4.79 Å². The van der Waals surface area contributed by atoms with Crippen molar-refractivity contribution in [2.75, 3.05) is 40.9 Å². The molecule has 86 valence electrons. The van der Waals surface area contributed by atoms with Crippen LogP contribution in [0.1, 0.15) is 0 Å². The van der Waals surface area contributed by atoms with Gasteiger partial charge in [0.25, 0.3) is 0 Å². The van der Waals surface area contributed by atoms with Gasteiger partial charge < -0.3 is 25.5 Å². The Hall–Kier alpha value is -0.690. The lowest BCUT2D eigenvalue weighted by Crippen LogP contribution is -2.36. The highest BCUT2D eigenvalue weighted by atomic mass is 16.4. The highest BCUT2D eigenvalue weighted by Crippen LogP contribution is 1.84. The number of carbonyl (C=O) groups is 1. The molecule has 0 saturated heterocycles. The maximum atomic E-state index is 9.65. The van der Waals surface area contributed by atoms with E-state index in [4.69, 9.17) is 21.1 Å². The zero-order chi connectivity index (χ0) is 11.8. The molecule has 0 heterocycles. The Morgan fingerprint density at radius 3 is 1.79 bits per heavy atom. The lowest BCUT2D eigenvalue weighted by Gasteiger charge is -2.21. The van der Waals surface area contributed by atoms with Crippen LogP contribution in [0.2, 0.25) is 0 Å². The van der Waals surface area contributed by atoms with E-state index in [9.17, 15) is 4.79 Å². The number of nitrogens with zero attached hydrogens (tertiary/aromatic N) is 1. The molecule has 0 amide bonds. The van der Waals surface area contributed by atoms with E-state index in [1.54, 1.807) is 0 Å². The standard InChI is InChI=1S/C5H14NO.C3H7NO3/c1-6(2,3)4-5-7;4-2(1-5)3(6)7/h7H,4-5H2,1-3H3;2,5H,1,4H2,(H,6,7)/q+1;. The average Bonchev–Trinajstić information content (AvgIpc) is 2.01.